The van der Waals surface area contributed by atoms with Crippen LogP contribution in [0.4, 0.5) is 0 Å². The Bertz CT molecular complexity index is 1020. The lowest BCUT2D eigenvalue weighted by Crippen LogP contribution is -2.43. The summed E-state index contributed by atoms with van der Waals surface area (Å²) < 4.78 is 27.9. The number of hydrogen-bond acceptors (Lipinski definition) is 5. The molecule has 0 fully saturated rings. The fourth-order valence-corrected chi connectivity index (χ4v) is 4.74. The molecule has 1 atom stereocenters. The molecule has 0 saturated heterocycles. The molecule has 0 aliphatic rings. The van der Waals surface area contributed by atoms with E-state index in [1.165, 1.54) is 28.2 Å². The first-order chi connectivity index (χ1) is 14.7. The minimum atomic E-state index is -3.71. The quantitative estimate of drug-likeness (QED) is 0.557. The van der Waals surface area contributed by atoms with E-state index >= 15 is 0 Å². The van der Waals surface area contributed by atoms with Crippen LogP contribution in [0.1, 0.15) is 19.4 Å². The summed E-state index contributed by atoms with van der Waals surface area (Å²) in [7, 11) is 0.188. The Morgan fingerprint density at radius 2 is 1.71 bits per heavy atom. The lowest BCUT2D eigenvalue weighted by atomic mass is 10.1. The number of likely N-dealkylation sites (N-methyl/N-ethyl adjacent to an activating group) is 1. The van der Waals surface area contributed by atoms with Crippen molar-refractivity contribution in [3.63, 3.8) is 0 Å². The third-order valence-electron chi connectivity index (χ3n) is 5.19. The van der Waals surface area contributed by atoms with Crippen molar-refractivity contribution in [1.82, 2.24) is 19.1 Å². The Morgan fingerprint density at radius 1 is 1.06 bits per heavy atom. The first-order valence-corrected chi connectivity index (χ1v) is 11.8. The zero-order chi connectivity index (χ0) is 23.0. The average molecular weight is 449 g/mol. The highest BCUT2D eigenvalue weighted by Crippen LogP contribution is 2.13. The number of amides is 1. The Morgan fingerprint density at radius 3 is 2.29 bits per heavy atom. The van der Waals surface area contributed by atoms with Crippen molar-refractivity contribution < 1.29 is 13.2 Å². The SMILES string of the molecule is CCN(CC)S(=O)(=O)c1ccc(=O)n(CC(=O)NCC(Cc2ccccc2)N(C)C)c1. The molecular weight excluding hydrogens is 416 g/mol. The second-order valence-electron chi connectivity index (χ2n) is 7.53. The third-order valence-corrected chi connectivity index (χ3v) is 7.23. The summed E-state index contributed by atoms with van der Waals surface area (Å²) in [5, 5.41) is 2.86. The molecule has 1 unspecified atom stereocenters. The summed E-state index contributed by atoms with van der Waals surface area (Å²) in [6, 6.07) is 12.5. The molecule has 0 spiro atoms. The maximum atomic E-state index is 12.7. The number of carbonyl (C=O) groups is 1. The number of carbonyl (C=O) groups excluding carboxylic acids is 1. The van der Waals surface area contributed by atoms with Gasteiger partial charge in [0.1, 0.15) is 6.54 Å². The second-order valence-corrected chi connectivity index (χ2v) is 9.47. The van der Waals surface area contributed by atoms with Gasteiger partial charge in [0.15, 0.2) is 0 Å². The molecule has 0 radical (unpaired) electrons. The minimum Gasteiger partial charge on any atom is -0.353 e. The summed E-state index contributed by atoms with van der Waals surface area (Å²) in [6.07, 6.45) is 2.01. The molecule has 1 N–H and O–H groups in total. The molecule has 0 bridgehead atoms. The number of sulfonamides is 1. The average Bonchev–Trinajstić information content (AvgIpc) is 2.73. The molecule has 1 aromatic carbocycles. The van der Waals surface area contributed by atoms with Crippen molar-refractivity contribution in [3.8, 4) is 0 Å². The standard InChI is InChI=1S/C22H32N4O4S/c1-5-26(6-2)31(29,30)20-12-13-22(28)25(16-20)17-21(27)23-15-19(24(3)4)14-18-10-8-7-9-11-18/h7-13,16,19H,5-6,14-15,17H2,1-4H3,(H,23,27). The van der Waals surface area contributed by atoms with E-state index in [0.717, 1.165) is 11.0 Å². The molecule has 31 heavy (non-hydrogen) atoms. The van der Waals surface area contributed by atoms with Crippen molar-refractivity contribution in [1.29, 1.82) is 0 Å². The van der Waals surface area contributed by atoms with Crippen LogP contribution < -0.4 is 10.9 Å². The Labute approximate surface area is 184 Å². The highest BCUT2D eigenvalue weighted by atomic mass is 32.2. The predicted octanol–water partition coefficient (Wildman–Crippen LogP) is 1.17. The Kier molecular flexibility index (Phi) is 8.97. The molecule has 1 aromatic heterocycles. The molecule has 1 heterocycles. The minimum absolute atomic E-state index is 0.00107. The molecule has 1 amide bonds. The molecule has 0 aliphatic carbocycles. The third kappa shape index (κ3) is 6.75. The van der Waals surface area contributed by atoms with Crippen molar-refractivity contribution >= 4 is 15.9 Å². The second kappa shape index (κ2) is 11.2. The summed E-state index contributed by atoms with van der Waals surface area (Å²) >= 11 is 0. The smallest absolute Gasteiger partial charge is 0.251 e. The van der Waals surface area contributed by atoms with E-state index in [-0.39, 0.29) is 23.4 Å². The summed E-state index contributed by atoms with van der Waals surface area (Å²) in [4.78, 5) is 26.7. The maximum Gasteiger partial charge on any atom is 0.251 e. The zero-order valence-corrected chi connectivity index (χ0v) is 19.4. The predicted molar refractivity (Wildman–Crippen MR) is 121 cm³/mol. The van der Waals surface area contributed by atoms with Crippen molar-refractivity contribution in [3.05, 3.63) is 64.6 Å². The number of hydrogen-bond donors (Lipinski definition) is 1. The van der Waals surface area contributed by atoms with E-state index in [2.05, 4.69) is 5.32 Å². The Balaban J connectivity index is 2.08. The highest BCUT2D eigenvalue weighted by Gasteiger charge is 2.22. The van der Waals surface area contributed by atoms with Gasteiger partial charge in [0, 0.05) is 37.9 Å². The van der Waals surface area contributed by atoms with E-state index in [0.29, 0.717) is 19.6 Å². The van der Waals surface area contributed by atoms with Crippen LogP contribution in [0, 0.1) is 0 Å². The van der Waals surface area contributed by atoms with E-state index in [1.54, 1.807) is 13.8 Å². The van der Waals surface area contributed by atoms with Gasteiger partial charge in [0.25, 0.3) is 5.56 Å². The van der Waals surface area contributed by atoms with E-state index in [4.69, 9.17) is 0 Å². The number of rotatable bonds is 11. The van der Waals surface area contributed by atoms with Crippen molar-refractivity contribution in [2.45, 2.75) is 37.8 Å². The van der Waals surface area contributed by atoms with Crippen molar-refractivity contribution in [2.75, 3.05) is 33.7 Å². The highest BCUT2D eigenvalue weighted by molar-refractivity contribution is 7.89. The Hall–Kier alpha value is -2.49. The molecule has 2 rings (SSSR count). The fourth-order valence-electron chi connectivity index (χ4n) is 3.26. The van der Waals surface area contributed by atoms with Crippen LogP contribution in [-0.2, 0) is 27.8 Å². The van der Waals surface area contributed by atoms with E-state index in [1.807, 2.05) is 49.3 Å². The largest absolute Gasteiger partial charge is 0.353 e. The maximum absolute atomic E-state index is 12.7. The van der Waals surface area contributed by atoms with Crippen LogP contribution in [-0.4, -0.2) is 67.9 Å². The summed E-state index contributed by atoms with van der Waals surface area (Å²) in [5.41, 5.74) is 0.739. The lowest BCUT2D eigenvalue weighted by Gasteiger charge is -2.25. The zero-order valence-electron chi connectivity index (χ0n) is 18.6. The van der Waals surface area contributed by atoms with Crippen LogP contribution in [0.25, 0.3) is 0 Å². The monoisotopic (exact) mass is 448 g/mol. The summed E-state index contributed by atoms with van der Waals surface area (Å²) in [5.74, 6) is -0.348. The van der Waals surface area contributed by atoms with Crippen molar-refractivity contribution in [2.24, 2.45) is 0 Å². The topological polar surface area (TPSA) is 91.7 Å². The van der Waals surface area contributed by atoms with Crippen LogP contribution >= 0.6 is 0 Å². The first-order valence-electron chi connectivity index (χ1n) is 10.4. The van der Waals surface area contributed by atoms with Gasteiger partial charge in [-0.2, -0.15) is 4.31 Å². The van der Waals surface area contributed by atoms with Crippen LogP contribution in [0.15, 0.2) is 58.4 Å². The molecular formula is C22H32N4O4S. The lowest BCUT2D eigenvalue weighted by molar-refractivity contribution is -0.121. The number of aromatic nitrogens is 1. The van der Waals surface area contributed by atoms with Gasteiger partial charge in [0.05, 0.1) is 4.90 Å². The molecule has 170 valence electrons. The molecule has 0 aliphatic heterocycles. The van der Waals surface area contributed by atoms with Gasteiger partial charge < -0.3 is 14.8 Å². The van der Waals surface area contributed by atoms with Gasteiger partial charge in [-0.25, -0.2) is 8.42 Å². The molecule has 0 saturated carbocycles. The number of pyridine rings is 1. The van der Waals surface area contributed by atoms with Crippen LogP contribution in [0.2, 0.25) is 0 Å². The van der Waals surface area contributed by atoms with Gasteiger partial charge in [-0.15, -0.1) is 0 Å². The number of nitrogens with one attached hydrogen (secondary N) is 1. The van der Waals surface area contributed by atoms with Gasteiger partial charge in [0.2, 0.25) is 15.9 Å². The normalized spacial score (nSPS) is 12.8. The van der Waals surface area contributed by atoms with Gasteiger partial charge in [-0.05, 0) is 32.1 Å². The fraction of sp³-hybridized carbons (Fsp3) is 0.455. The van der Waals surface area contributed by atoms with Gasteiger partial charge in [-0.3, -0.25) is 9.59 Å². The number of benzene rings is 1. The molecule has 9 heteroatoms. The van der Waals surface area contributed by atoms with E-state index in [9.17, 15) is 18.0 Å². The van der Waals surface area contributed by atoms with Gasteiger partial charge >= 0.3 is 0 Å². The van der Waals surface area contributed by atoms with Crippen LogP contribution in [0.5, 0.6) is 0 Å². The summed E-state index contributed by atoms with van der Waals surface area (Å²) in [6.45, 7) is 4.32. The molecule has 8 nitrogen and oxygen atoms in total. The molecule has 2 aromatic rings. The van der Waals surface area contributed by atoms with Crippen LogP contribution in [0.3, 0.4) is 0 Å². The number of nitrogens with zero attached hydrogens (tertiary/aromatic N) is 3. The first kappa shape index (κ1) is 24.8. The van der Waals surface area contributed by atoms with E-state index < -0.39 is 15.6 Å². The van der Waals surface area contributed by atoms with Gasteiger partial charge in [-0.1, -0.05) is 44.2 Å².